The predicted molar refractivity (Wildman–Crippen MR) is 77.8 cm³/mol. The molecule has 0 bridgehead atoms. The molecule has 0 spiro atoms. The number of likely N-dealkylation sites (N-methyl/N-ethyl adjacent to an activating group) is 2. The molecule has 1 atom stereocenters. The smallest absolute Gasteiger partial charge is 0.241 e. The molecule has 100 valence electrons. The van der Waals surface area contributed by atoms with Crippen LogP contribution in [0, 0.1) is 0 Å². The number of hydrogen-bond acceptors (Lipinski definition) is 4. The van der Waals surface area contributed by atoms with Crippen molar-refractivity contribution in [3.05, 3.63) is 20.8 Å². The summed E-state index contributed by atoms with van der Waals surface area (Å²) in [4.78, 5) is 17.5. The van der Waals surface area contributed by atoms with Gasteiger partial charge in [-0.25, -0.2) is 0 Å². The predicted octanol–water partition coefficient (Wildman–Crippen LogP) is 1.37. The zero-order chi connectivity index (χ0) is 13.1. The van der Waals surface area contributed by atoms with Crippen molar-refractivity contribution in [2.45, 2.75) is 12.6 Å². The van der Waals surface area contributed by atoms with E-state index in [-0.39, 0.29) is 11.9 Å². The van der Waals surface area contributed by atoms with Crippen molar-refractivity contribution in [2.75, 3.05) is 33.7 Å². The minimum atomic E-state index is -0.0350. The summed E-state index contributed by atoms with van der Waals surface area (Å²) in [6, 6.07) is 4.04. The lowest BCUT2D eigenvalue weighted by Crippen LogP contribution is -2.56. The third-order valence-electron chi connectivity index (χ3n) is 3.19. The maximum Gasteiger partial charge on any atom is 0.241 e. The number of rotatable bonds is 3. The molecule has 2 heterocycles. The van der Waals surface area contributed by atoms with Crippen LogP contribution in [-0.4, -0.2) is 55.5 Å². The van der Waals surface area contributed by atoms with Crippen LogP contribution in [-0.2, 0) is 11.3 Å². The fourth-order valence-corrected chi connectivity index (χ4v) is 3.62. The van der Waals surface area contributed by atoms with E-state index < -0.39 is 0 Å². The van der Waals surface area contributed by atoms with Crippen LogP contribution in [0.15, 0.2) is 15.9 Å². The highest BCUT2D eigenvalue weighted by molar-refractivity contribution is 9.11. The van der Waals surface area contributed by atoms with Crippen molar-refractivity contribution in [2.24, 2.45) is 0 Å². The van der Waals surface area contributed by atoms with Crippen LogP contribution in [0.25, 0.3) is 0 Å². The van der Waals surface area contributed by atoms with Gasteiger partial charge in [0, 0.05) is 31.6 Å². The van der Waals surface area contributed by atoms with Crippen LogP contribution >= 0.6 is 27.3 Å². The van der Waals surface area contributed by atoms with Gasteiger partial charge in [0.25, 0.3) is 0 Å². The zero-order valence-corrected chi connectivity index (χ0v) is 13.1. The number of hydrogen-bond donors (Lipinski definition) is 1. The van der Waals surface area contributed by atoms with Gasteiger partial charge in [0.2, 0.25) is 5.91 Å². The Hall–Kier alpha value is -0.430. The Labute approximate surface area is 120 Å². The Morgan fingerprint density at radius 1 is 1.67 bits per heavy atom. The van der Waals surface area contributed by atoms with Crippen LogP contribution in [0.3, 0.4) is 0 Å². The van der Waals surface area contributed by atoms with Gasteiger partial charge in [0.1, 0.15) is 6.04 Å². The summed E-state index contributed by atoms with van der Waals surface area (Å²) in [7, 11) is 3.89. The molecule has 0 aromatic carbocycles. The first-order chi connectivity index (χ1) is 8.58. The van der Waals surface area contributed by atoms with Crippen molar-refractivity contribution in [1.29, 1.82) is 0 Å². The summed E-state index contributed by atoms with van der Waals surface area (Å²) in [5, 5.41) is 3.27. The molecule has 1 saturated heterocycles. The Kier molecular flexibility index (Phi) is 4.77. The molecule has 1 aromatic rings. The van der Waals surface area contributed by atoms with Gasteiger partial charge < -0.3 is 10.2 Å². The van der Waals surface area contributed by atoms with Crippen molar-refractivity contribution in [1.82, 2.24) is 15.1 Å². The number of nitrogens with one attached hydrogen (secondary N) is 1. The van der Waals surface area contributed by atoms with E-state index in [4.69, 9.17) is 0 Å². The summed E-state index contributed by atoms with van der Waals surface area (Å²) in [5.74, 6) is 0.189. The fraction of sp³-hybridized carbons (Fsp3) is 0.583. The monoisotopic (exact) mass is 331 g/mol. The second-order valence-corrected chi connectivity index (χ2v) is 7.15. The molecule has 0 aliphatic carbocycles. The Morgan fingerprint density at radius 3 is 3.06 bits per heavy atom. The molecule has 4 nitrogen and oxygen atoms in total. The third-order valence-corrected chi connectivity index (χ3v) is 4.80. The number of carbonyl (C=O) groups excluding carboxylic acids is 1. The van der Waals surface area contributed by atoms with Gasteiger partial charge in [-0.3, -0.25) is 9.69 Å². The van der Waals surface area contributed by atoms with Crippen molar-refractivity contribution in [3.8, 4) is 0 Å². The molecule has 1 aliphatic heterocycles. The molecular formula is C12H18BrN3OS. The highest BCUT2D eigenvalue weighted by Crippen LogP contribution is 2.23. The van der Waals surface area contributed by atoms with E-state index in [2.05, 4.69) is 32.2 Å². The van der Waals surface area contributed by atoms with E-state index in [0.29, 0.717) is 6.54 Å². The minimum absolute atomic E-state index is 0.0350. The number of piperazine rings is 1. The first-order valence-electron chi connectivity index (χ1n) is 5.98. The van der Waals surface area contributed by atoms with E-state index >= 15 is 0 Å². The molecule has 2 rings (SSSR count). The van der Waals surface area contributed by atoms with Crippen molar-refractivity contribution in [3.63, 3.8) is 0 Å². The van der Waals surface area contributed by atoms with Gasteiger partial charge in [0.05, 0.1) is 10.3 Å². The number of carbonyl (C=O) groups is 1. The zero-order valence-electron chi connectivity index (χ0n) is 10.6. The molecule has 0 saturated carbocycles. The highest BCUT2D eigenvalue weighted by Gasteiger charge is 2.28. The Morgan fingerprint density at radius 2 is 2.44 bits per heavy atom. The van der Waals surface area contributed by atoms with E-state index in [0.717, 1.165) is 23.4 Å². The lowest BCUT2D eigenvalue weighted by Gasteiger charge is -2.34. The van der Waals surface area contributed by atoms with Gasteiger partial charge in [-0.15, -0.1) is 11.3 Å². The third kappa shape index (κ3) is 3.32. The van der Waals surface area contributed by atoms with Gasteiger partial charge in [0.15, 0.2) is 0 Å². The van der Waals surface area contributed by atoms with Gasteiger partial charge in [-0.05, 0) is 35.1 Å². The summed E-state index contributed by atoms with van der Waals surface area (Å²) in [5.41, 5.74) is 0. The average Bonchev–Trinajstić information content (AvgIpc) is 2.74. The summed E-state index contributed by atoms with van der Waals surface area (Å²) in [6.45, 7) is 3.31. The van der Waals surface area contributed by atoms with Crippen molar-refractivity contribution < 1.29 is 4.79 Å². The molecule has 1 aliphatic rings. The molecule has 18 heavy (non-hydrogen) atoms. The van der Waals surface area contributed by atoms with E-state index in [1.807, 2.05) is 25.1 Å². The Balaban J connectivity index is 1.95. The lowest BCUT2D eigenvalue weighted by molar-refractivity contribution is -0.136. The molecule has 1 amide bonds. The van der Waals surface area contributed by atoms with E-state index in [9.17, 15) is 4.79 Å². The molecule has 1 aromatic heterocycles. The van der Waals surface area contributed by atoms with Gasteiger partial charge in [-0.1, -0.05) is 0 Å². The summed E-state index contributed by atoms with van der Waals surface area (Å²) >= 11 is 5.12. The molecule has 0 radical (unpaired) electrons. The normalized spacial score (nSPS) is 20.9. The maximum atomic E-state index is 12.4. The maximum absolute atomic E-state index is 12.4. The van der Waals surface area contributed by atoms with Gasteiger partial charge in [-0.2, -0.15) is 0 Å². The Bertz CT molecular complexity index is 423. The molecule has 1 N–H and O–H groups in total. The molecule has 1 unspecified atom stereocenters. The SMILES string of the molecule is CN(Cc1ccc(Br)s1)C(=O)C1CNCCN1C. The van der Waals surface area contributed by atoms with E-state index in [1.165, 1.54) is 4.88 Å². The average molecular weight is 332 g/mol. The quantitative estimate of drug-likeness (QED) is 0.908. The number of halogens is 1. The topological polar surface area (TPSA) is 35.6 Å². The standard InChI is InChI=1S/C12H18BrN3OS/c1-15-6-5-14-7-10(15)12(17)16(2)8-9-3-4-11(13)18-9/h3-4,10,14H,5-8H2,1-2H3. The number of thiophene rings is 1. The van der Waals surface area contributed by atoms with Gasteiger partial charge >= 0.3 is 0 Å². The minimum Gasteiger partial charge on any atom is -0.339 e. The first-order valence-corrected chi connectivity index (χ1v) is 7.59. The van der Waals surface area contributed by atoms with Crippen LogP contribution in [0.2, 0.25) is 0 Å². The largest absolute Gasteiger partial charge is 0.339 e. The second-order valence-electron chi connectivity index (χ2n) is 4.60. The number of nitrogens with zero attached hydrogens (tertiary/aromatic N) is 2. The lowest BCUT2D eigenvalue weighted by atomic mass is 10.2. The van der Waals surface area contributed by atoms with Crippen LogP contribution in [0.1, 0.15) is 4.88 Å². The fourth-order valence-electron chi connectivity index (χ4n) is 2.08. The highest BCUT2D eigenvalue weighted by atomic mass is 79.9. The first kappa shape index (κ1) is 14.0. The summed E-state index contributed by atoms with van der Waals surface area (Å²) < 4.78 is 1.11. The second kappa shape index (κ2) is 6.14. The summed E-state index contributed by atoms with van der Waals surface area (Å²) in [6.07, 6.45) is 0. The molecule has 6 heteroatoms. The van der Waals surface area contributed by atoms with Crippen LogP contribution < -0.4 is 5.32 Å². The number of amides is 1. The van der Waals surface area contributed by atoms with Crippen LogP contribution in [0.4, 0.5) is 0 Å². The molecular weight excluding hydrogens is 314 g/mol. The van der Waals surface area contributed by atoms with Crippen LogP contribution in [0.5, 0.6) is 0 Å². The van der Waals surface area contributed by atoms with E-state index in [1.54, 1.807) is 11.3 Å². The molecule has 1 fully saturated rings. The van der Waals surface area contributed by atoms with Crippen molar-refractivity contribution >= 4 is 33.2 Å².